The van der Waals surface area contributed by atoms with Gasteiger partial charge in [0, 0.05) is 31.7 Å². The van der Waals surface area contributed by atoms with Crippen molar-refractivity contribution in [2.24, 2.45) is 17.3 Å². The van der Waals surface area contributed by atoms with Crippen LogP contribution in [0.3, 0.4) is 0 Å². The Morgan fingerprint density at radius 2 is 1.76 bits per heavy atom. The van der Waals surface area contributed by atoms with Crippen LogP contribution >= 0.6 is 0 Å². The fourth-order valence-corrected chi connectivity index (χ4v) is 2.74. The zero-order valence-electron chi connectivity index (χ0n) is 12.9. The third-order valence-electron chi connectivity index (χ3n) is 3.87. The van der Waals surface area contributed by atoms with E-state index in [0.717, 1.165) is 18.4 Å². The lowest BCUT2D eigenvalue weighted by Crippen LogP contribution is -2.62. The summed E-state index contributed by atoms with van der Waals surface area (Å²) in [4.78, 5) is 2.71. The highest BCUT2D eigenvalue weighted by atomic mass is 15.2. The lowest BCUT2D eigenvalue weighted by atomic mass is 9.83. The maximum Gasteiger partial charge on any atom is 0.0244 e. The molecule has 1 aliphatic heterocycles. The van der Waals surface area contributed by atoms with Gasteiger partial charge in [0.1, 0.15) is 0 Å². The van der Waals surface area contributed by atoms with Crippen molar-refractivity contribution >= 4 is 0 Å². The van der Waals surface area contributed by atoms with Gasteiger partial charge in [-0.05, 0) is 17.3 Å². The van der Waals surface area contributed by atoms with E-state index in [0.29, 0.717) is 17.5 Å². The lowest BCUT2D eigenvalue weighted by molar-refractivity contribution is 0.0544. The normalized spacial score (nSPS) is 28.1. The van der Waals surface area contributed by atoms with Crippen LogP contribution in [0.15, 0.2) is 0 Å². The molecule has 17 heavy (non-hydrogen) atoms. The smallest absolute Gasteiger partial charge is 0.0244 e. The maximum absolute atomic E-state index is 3.75. The van der Waals surface area contributed by atoms with Gasteiger partial charge in [-0.15, -0.1) is 0 Å². The van der Waals surface area contributed by atoms with Crippen LogP contribution in [0.2, 0.25) is 0 Å². The number of piperazine rings is 1. The van der Waals surface area contributed by atoms with Crippen LogP contribution in [-0.4, -0.2) is 36.6 Å². The minimum absolute atomic E-state index is 0.358. The molecule has 1 aliphatic rings. The fourth-order valence-electron chi connectivity index (χ4n) is 2.74. The highest BCUT2D eigenvalue weighted by Gasteiger charge is 2.35. The fraction of sp³-hybridized carbons (Fsp3) is 1.00. The molecule has 2 nitrogen and oxygen atoms in total. The largest absolute Gasteiger partial charge is 0.311 e. The molecule has 0 aromatic rings. The van der Waals surface area contributed by atoms with E-state index in [1.54, 1.807) is 0 Å². The SMILES string of the molecule is CC(C)CN1CC(C(C)(C)C)NCC1C(C)C. The van der Waals surface area contributed by atoms with Crippen molar-refractivity contribution in [1.29, 1.82) is 0 Å². The Bertz CT molecular complexity index is 228. The molecule has 1 saturated heterocycles. The first-order valence-corrected chi connectivity index (χ1v) is 7.19. The first kappa shape index (κ1) is 15.0. The highest BCUT2D eigenvalue weighted by Crippen LogP contribution is 2.26. The van der Waals surface area contributed by atoms with Crippen molar-refractivity contribution in [3.63, 3.8) is 0 Å². The zero-order valence-corrected chi connectivity index (χ0v) is 12.9. The monoisotopic (exact) mass is 240 g/mol. The number of nitrogens with one attached hydrogen (secondary N) is 1. The molecule has 0 aromatic heterocycles. The van der Waals surface area contributed by atoms with E-state index in [1.807, 2.05) is 0 Å². The van der Waals surface area contributed by atoms with Crippen LogP contribution < -0.4 is 5.32 Å². The van der Waals surface area contributed by atoms with Crippen LogP contribution in [0.4, 0.5) is 0 Å². The Labute approximate surface area is 108 Å². The molecule has 102 valence electrons. The lowest BCUT2D eigenvalue weighted by Gasteiger charge is -2.47. The van der Waals surface area contributed by atoms with Gasteiger partial charge < -0.3 is 5.32 Å². The summed E-state index contributed by atoms with van der Waals surface area (Å²) in [6.45, 7) is 19.9. The van der Waals surface area contributed by atoms with Crippen molar-refractivity contribution in [3.8, 4) is 0 Å². The summed E-state index contributed by atoms with van der Waals surface area (Å²) in [5.41, 5.74) is 0.358. The summed E-state index contributed by atoms with van der Waals surface area (Å²) in [5.74, 6) is 1.50. The second-order valence-corrected chi connectivity index (χ2v) is 7.49. The van der Waals surface area contributed by atoms with Gasteiger partial charge in [-0.2, -0.15) is 0 Å². The molecule has 0 aliphatic carbocycles. The third-order valence-corrected chi connectivity index (χ3v) is 3.87. The molecular weight excluding hydrogens is 208 g/mol. The van der Waals surface area contributed by atoms with Crippen molar-refractivity contribution < 1.29 is 0 Å². The molecule has 0 amide bonds. The second-order valence-electron chi connectivity index (χ2n) is 7.49. The van der Waals surface area contributed by atoms with Crippen molar-refractivity contribution in [3.05, 3.63) is 0 Å². The summed E-state index contributed by atoms with van der Waals surface area (Å²) in [5, 5.41) is 3.75. The molecule has 0 spiro atoms. The molecule has 1 fully saturated rings. The number of hydrogen-bond donors (Lipinski definition) is 1. The average molecular weight is 240 g/mol. The van der Waals surface area contributed by atoms with Crippen molar-refractivity contribution in [2.75, 3.05) is 19.6 Å². The quantitative estimate of drug-likeness (QED) is 0.816. The molecule has 0 aromatic carbocycles. The summed E-state index contributed by atoms with van der Waals surface area (Å²) < 4.78 is 0. The minimum atomic E-state index is 0.358. The predicted octanol–water partition coefficient (Wildman–Crippen LogP) is 2.99. The van der Waals surface area contributed by atoms with E-state index >= 15 is 0 Å². The summed E-state index contributed by atoms with van der Waals surface area (Å²) in [7, 11) is 0. The van der Waals surface area contributed by atoms with E-state index in [9.17, 15) is 0 Å². The Morgan fingerprint density at radius 1 is 1.18 bits per heavy atom. The maximum atomic E-state index is 3.75. The van der Waals surface area contributed by atoms with Crippen LogP contribution in [0.5, 0.6) is 0 Å². The number of nitrogens with zero attached hydrogens (tertiary/aromatic N) is 1. The summed E-state index contributed by atoms with van der Waals surface area (Å²) in [6.07, 6.45) is 0. The van der Waals surface area contributed by atoms with E-state index in [2.05, 4.69) is 58.7 Å². The molecule has 0 saturated carbocycles. The molecule has 1 N–H and O–H groups in total. The highest BCUT2D eigenvalue weighted by molar-refractivity contribution is 4.93. The van der Waals surface area contributed by atoms with Crippen LogP contribution in [-0.2, 0) is 0 Å². The topological polar surface area (TPSA) is 15.3 Å². The Morgan fingerprint density at radius 3 is 2.18 bits per heavy atom. The van der Waals surface area contributed by atoms with E-state index in [1.165, 1.54) is 13.1 Å². The van der Waals surface area contributed by atoms with Gasteiger partial charge in [0.25, 0.3) is 0 Å². The molecule has 2 heteroatoms. The van der Waals surface area contributed by atoms with Gasteiger partial charge in [-0.25, -0.2) is 0 Å². The third kappa shape index (κ3) is 4.26. The van der Waals surface area contributed by atoms with Gasteiger partial charge in [0.2, 0.25) is 0 Å². The molecular formula is C15H32N2. The zero-order chi connectivity index (χ0) is 13.2. The molecule has 0 bridgehead atoms. The Hall–Kier alpha value is -0.0800. The van der Waals surface area contributed by atoms with Gasteiger partial charge in [-0.1, -0.05) is 48.5 Å². The molecule has 1 heterocycles. The first-order chi connectivity index (χ1) is 7.71. The van der Waals surface area contributed by atoms with E-state index < -0.39 is 0 Å². The van der Waals surface area contributed by atoms with E-state index in [-0.39, 0.29) is 0 Å². The van der Waals surface area contributed by atoms with Crippen LogP contribution in [0, 0.1) is 17.3 Å². The van der Waals surface area contributed by atoms with Gasteiger partial charge in [0.15, 0.2) is 0 Å². The second kappa shape index (κ2) is 5.71. The molecule has 1 rings (SSSR count). The summed E-state index contributed by atoms with van der Waals surface area (Å²) in [6, 6.07) is 1.33. The van der Waals surface area contributed by atoms with Gasteiger partial charge in [0.05, 0.1) is 0 Å². The van der Waals surface area contributed by atoms with Crippen LogP contribution in [0.1, 0.15) is 48.5 Å². The van der Waals surface area contributed by atoms with Crippen molar-refractivity contribution in [1.82, 2.24) is 10.2 Å². The number of rotatable bonds is 3. The standard InChI is InChI=1S/C15H32N2/c1-11(2)9-17-10-14(15(5,6)7)16-8-13(17)12(3)4/h11-14,16H,8-10H2,1-7H3. The number of hydrogen-bond acceptors (Lipinski definition) is 2. The summed E-state index contributed by atoms with van der Waals surface area (Å²) >= 11 is 0. The Balaban J connectivity index is 2.69. The minimum Gasteiger partial charge on any atom is -0.311 e. The first-order valence-electron chi connectivity index (χ1n) is 7.19. The van der Waals surface area contributed by atoms with Gasteiger partial charge in [-0.3, -0.25) is 4.90 Å². The van der Waals surface area contributed by atoms with Crippen molar-refractivity contribution in [2.45, 2.75) is 60.5 Å². The average Bonchev–Trinajstić information content (AvgIpc) is 2.14. The van der Waals surface area contributed by atoms with Gasteiger partial charge >= 0.3 is 0 Å². The predicted molar refractivity (Wildman–Crippen MR) is 76.3 cm³/mol. The van der Waals surface area contributed by atoms with Crippen LogP contribution in [0.25, 0.3) is 0 Å². The van der Waals surface area contributed by atoms with E-state index in [4.69, 9.17) is 0 Å². The molecule has 0 radical (unpaired) electrons. The Kier molecular flexibility index (Phi) is 5.03. The molecule has 2 atom stereocenters. The molecule has 2 unspecified atom stereocenters.